The maximum atomic E-state index is 8.55. The number of hydrogen-bond acceptors (Lipinski definition) is 4. The van der Waals surface area contributed by atoms with Crippen LogP contribution in [0.3, 0.4) is 0 Å². The highest BCUT2D eigenvalue weighted by molar-refractivity contribution is 7.11. The van der Waals surface area contributed by atoms with Gasteiger partial charge in [-0.2, -0.15) is 5.26 Å². The molecular weight excluding hydrogens is 182 g/mol. The molecule has 0 bridgehead atoms. The molecule has 0 aliphatic heterocycles. The summed E-state index contributed by atoms with van der Waals surface area (Å²) in [7, 11) is 4.03. The molecule has 1 aromatic rings. The molecule has 3 nitrogen and oxygen atoms in total. The van der Waals surface area contributed by atoms with Gasteiger partial charge in [-0.25, -0.2) is 4.98 Å². The Hall–Kier alpha value is -0.920. The van der Waals surface area contributed by atoms with Gasteiger partial charge in [0, 0.05) is 11.4 Å². The van der Waals surface area contributed by atoms with Crippen LogP contribution in [0.15, 0.2) is 0 Å². The first-order chi connectivity index (χ1) is 6.13. The van der Waals surface area contributed by atoms with Gasteiger partial charge in [-0.05, 0) is 21.0 Å². The van der Waals surface area contributed by atoms with E-state index >= 15 is 0 Å². The minimum Gasteiger partial charge on any atom is -0.303 e. The number of hydrogen-bond donors (Lipinski definition) is 0. The Morgan fingerprint density at radius 2 is 2.23 bits per heavy atom. The third-order valence-electron chi connectivity index (χ3n) is 1.63. The fraction of sp³-hybridized carbons (Fsp3) is 0.556. The Morgan fingerprint density at radius 1 is 1.54 bits per heavy atom. The van der Waals surface area contributed by atoms with E-state index in [2.05, 4.69) is 16.0 Å². The summed E-state index contributed by atoms with van der Waals surface area (Å²) in [5, 5.41) is 9.64. The number of nitrogens with zero attached hydrogens (tertiary/aromatic N) is 3. The Kier molecular flexibility index (Phi) is 3.40. The molecule has 1 heterocycles. The number of aromatic nitrogens is 1. The van der Waals surface area contributed by atoms with Crippen molar-refractivity contribution < 1.29 is 0 Å². The minimum atomic E-state index is 0.483. The lowest BCUT2D eigenvalue weighted by Gasteiger charge is -2.04. The van der Waals surface area contributed by atoms with E-state index < -0.39 is 0 Å². The van der Waals surface area contributed by atoms with Crippen LogP contribution in [-0.4, -0.2) is 24.0 Å². The molecule has 0 amide bonds. The summed E-state index contributed by atoms with van der Waals surface area (Å²) in [6, 6.07) is 2.15. The van der Waals surface area contributed by atoms with Crippen LogP contribution in [-0.2, 0) is 13.0 Å². The topological polar surface area (TPSA) is 39.9 Å². The maximum Gasteiger partial charge on any atom is 0.107 e. The van der Waals surface area contributed by atoms with E-state index in [1.54, 1.807) is 11.3 Å². The quantitative estimate of drug-likeness (QED) is 0.735. The van der Waals surface area contributed by atoms with Crippen molar-refractivity contribution in [1.82, 2.24) is 9.88 Å². The molecule has 0 aliphatic carbocycles. The average molecular weight is 195 g/mol. The van der Waals surface area contributed by atoms with Crippen molar-refractivity contribution in [1.29, 1.82) is 5.26 Å². The Balaban J connectivity index is 2.77. The van der Waals surface area contributed by atoms with E-state index in [9.17, 15) is 0 Å². The van der Waals surface area contributed by atoms with Gasteiger partial charge in [-0.3, -0.25) is 0 Å². The lowest BCUT2D eigenvalue weighted by molar-refractivity contribution is 0.401. The Labute approximate surface area is 82.6 Å². The van der Waals surface area contributed by atoms with E-state index in [0.29, 0.717) is 6.42 Å². The van der Waals surface area contributed by atoms with Gasteiger partial charge in [0.2, 0.25) is 0 Å². The first kappa shape index (κ1) is 10.2. The summed E-state index contributed by atoms with van der Waals surface area (Å²) in [6.45, 7) is 2.82. The van der Waals surface area contributed by atoms with Crippen molar-refractivity contribution in [3.05, 3.63) is 15.6 Å². The summed E-state index contributed by atoms with van der Waals surface area (Å²) in [4.78, 5) is 7.57. The van der Waals surface area contributed by atoms with Crippen LogP contribution in [0.2, 0.25) is 0 Å². The fourth-order valence-corrected chi connectivity index (χ4v) is 2.18. The predicted octanol–water partition coefficient (Wildman–Crippen LogP) is 1.58. The summed E-state index contributed by atoms with van der Waals surface area (Å²) >= 11 is 1.64. The minimum absolute atomic E-state index is 0.483. The molecule has 1 rings (SSSR count). The molecule has 13 heavy (non-hydrogen) atoms. The number of nitriles is 1. The Morgan fingerprint density at radius 3 is 2.77 bits per heavy atom. The zero-order valence-electron chi connectivity index (χ0n) is 8.16. The highest BCUT2D eigenvalue weighted by atomic mass is 32.1. The second kappa shape index (κ2) is 4.35. The molecule has 4 heteroatoms. The molecular formula is C9H13N3S. The first-order valence-electron chi connectivity index (χ1n) is 4.10. The van der Waals surface area contributed by atoms with Crippen LogP contribution >= 0.6 is 11.3 Å². The van der Waals surface area contributed by atoms with Gasteiger partial charge in [0.15, 0.2) is 0 Å². The summed E-state index contributed by atoms with van der Waals surface area (Å²) in [6.07, 6.45) is 0.483. The van der Waals surface area contributed by atoms with Crippen molar-refractivity contribution in [3.8, 4) is 6.07 Å². The van der Waals surface area contributed by atoms with E-state index in [0.717, 1.165) is 22.1 Å². The number of thiazole rings is 1. The molecule has 0 radical (unpaired) electrons. The van der Waals surface area contributed by atoms with Crippen LogP contribution in [0.4, 0.5) is 0 Å². The number of aryl methyl sites for hydroxylation is 1. The average Bonchev–Trinajstić information content (AvgIpc) is 2.31. The highest BCUT2D eigenvalue weighted by Crippen LogP contribution is 2.18. The van der Waals surface area contributed by atoms with Crippen LogP contribution in [0.1, 0.15) is 15.6 Å². The van der Waals surface area contributed by atoms with Crippen LogP contribution in [0, 0.1) is 18.3 Å². The van der Waals surface area contributed by atoms with Crippen molar-refractivity contribution in [3.63, 3.8) is 0 Å². The lowest BCUT2D eigenvalue weighted by Crippen LogP contribution is -2.10. The molecule has 0 aromatic carbocycles. The largest absolute Gasteiger partial charge is 0.303 e. The molecule has 0 aliphatic rings. The molecule has 0 fully saturated rings. The monoisotopic (exact) mass is 195 g/mol. The van der Waals surface area contributed by atoms with Crippen LogP contribution < -0.4 is 0 Å². The fourth-order valence-electron chi connectivity index (χ4n) is 1.06. The van der Waals surface area contributed by atoms with Crippen LogP contribution in [0.25, 0.3) is 0 Å². The molecule has 0 saturated heterocycles. The van der Waals surface area contributed by atoms with Gasteiger partial charge in [-0.1, -0.05) is 0 Å². The second-order valence-electron chi connectivity index (χ2n) is 3.19. The van der Waals surface area contributed by atoms with Gasteiger partial charge in [0.05, 0.1) is 18.2 Å². The van der Waals surface area contributed by atoms with Crippen LogP contribution in [0.5, 0.6) is 0 Å². The van der Waals surface area contributed by atoms with E-state index in [1.807, 2.05) is 21.0 Å². The van der Waals surface area contributed by atoms with Crippen molar-refractivity contribution in [2.75, 3.05) is 14.1 Å². The van der Waals surface area contributed by atoms with Gasteiger partial charge in [0.1, 0.15) is 5.01 Å². The third-order valence-corrected chi connectivity index (χ3v) is 2.77. The maximum absolute atomic E-state index is 8.55. The molecule has 0 spiro atoms. The first-order valence-corrected chi connectivity index (χ1v) is 4.92. The van der Waals surface area contributed by atoms with E-state index in [4.69, 9.17) is 5.26 Å². The molecule has 1 aromatic heterocycles. The van der Waals surface area contributed by atoms with Crippen molar-refractivity contribution in [2.24, 2.45) is 0 Å². The zero-order chi connectivity index (χ0) is 9.84. The molecule has 0 N–H and O–H groups in total. The summed E-state index contributed by atoms with van der Waals surface area (Å²) < 4.78 is 0. The summed E-state index contributed by atoms with van der Waals surface area (Å²) in [5.41, 5.74) is 1.00. The zero-order valence-corrected chi connectivity index (χ0v) is 8.98. The lowest BCUT2D eigenvalue weighted by atomic mass is 10.3. The van der Waals surface area contributed by atoms with Crippen molar-refractivity contribution in [2.45, 2.75) is 19.9 Å². The predicted molar refractivity (Wildman–Crippen MR) is 53.6 cm³/mol. The van der Waals surface area contributed by atoms with Gasteiger partial charge in [0.25, 0.3) is 0 Å². The second-order valence-corrected chi connectivity index (χ2v) is 4.36. The normalized spacial score (nSPS) is 10.4. The Bertz CT molecular complexity index is 322. The SMILES string of the molecule is Cc1nc(CN(C)C)sc1CC#N. The molecule has 0 unspecified atom stereocenters. The van der Waals surface area contributed by atoms with E-state index in [1.165, 1.54) is 0 Å². The van der Waals surface area contributed by atoms with Gasteiger partial charge in [-0.15, -0.1) is 11.3 Å². The standard InChI is InChI=1S/C9H13N3S/c1-7-8(4-5-10)13-9(11-7)6-12(2)3/h4,6H2,1-3H3. The summed E-state index contributed by atoms with van der Waals surface area (Å²) in [5.74, 6) is 0. The third kappa shape index (κ3) is 2.79. The van der Waals surface area contributed by atoms with Gasteiger partial charge >= 0.3 is 0 Å². The number of rotatable bonds is 3. The van der Waals surface area contributed by atoms with E-state index in [-0.39, 0.29) is 0 Å². The van der Waals surface area contributed by atoms with Gasteiger partial charge < -0.3 is 4.90 Å². The molecule has 70 valence electrons. The highest BCUT2D eigenvalue weighted by Gasteiger charge is 2.07. The van der Waals surface area contributed by atoms with Crippen molar-refractivity contribution >= 4 is 11.3 Å². The molecule has 0 atom stereocenters. The smallest absolute Gasteiger partial charge is 0.107 e. The molecule has 0 saturated carbocycles.